The maximum Gasteiger partial charge on any atom is 0.253 e. The van der Waals surface area contributed by atoms with Crippen molar-refractivity contribution in [1.82, 2.24) is 5.32 Å². The van der Waals surface area contributed by atoms with Crippen LogP contribution < -0.4 is 16.4 Å². The average Bonchev–Trinajstić information content (AvgIpc) is 2.99. The van der Waals surface area contributed by atoms with Gasteiger partial charge in [-0.1, -0.05) is 12.1 Å². The first-order valence-corrected chi connectivity index (χ1v) is 7.62. The summed E-state index contributed by atoms with van der Waals surface area (Å²) in [5, 5.41) is 5.92. The minimum atomic E-state index is -0.326. The number of hydrogen-bond acceptors (Lipinski definition) is 3. The van der Waals surface area contributed by atoms with E-state index in [0.717, 1.165) is 24.1 Å². The molecule has 0 radical (unpaired) electrons. The second kappa shape index (κ2) is 9.71. The summed E-state index contributed by atoms with van der Waals surface area (Å²) >= 11 is 0. The molecule has 0 spiro atoms. The van der Waals surface area contributed by atoms with E-state index in [2.05, 4.69) is 15.6 Å². The van der Waals surface area contributed by atoms with Crippen LogP contribution in [-0.4, -0.2) is 30.6 Å². The summed E-state index contributed by atoms with van der Waals surface area (Å²) in [6, 6.07) is 7.85. The highest BCUT2D eigenvalue weighted by atomic mass is 127. The van der Waals surface area contributed by atoms with Gasteiger partial charge in [-0.15, -0.1) is 24.0 Å². The third-order valence-corrected chi connectivity index (χ3v) is 3.29. The van der Waals surface area contributed by atoms with Gasteiger partial charge < -0.3 is 21.1 Å². The van der Waals surface area contributed by atoms with E-state index < -0.39 is 0 Å². The molecule has 1 aromatic rings. The fourth-order valence-corrected chi connectivity index (χ4v) is 2.27. The van der Waals surface area contributed by atoms with Gasteiger partial charge in [-0.05, 0) is 44.4 Å². The number of nitrogens with zero attached hydrogens (tertiary/aromatic N) is 1. The molecular weight excluding hydrogens is 407 g/mol. The number of nitrogens with one attached hydrogen (secondary N) is 2. The van der Waals surface area contributed by atoms with Gasteiger partial charge in [0, 0.05) is 18.3 Å². The van der Waals surface area contributed by atoms with E-state index >= 15 is 0 Å². The third kappa shape index (κ3) is 6.74. The number of carbonyl (C=O) groups is 1. The Morgan fingerprint density at radius 1 is 1.48 bits per heavy atom. The number of anilines is 1. The molecule has 4 N–H and O–H groups in total. The number of ether oxygens (including phenoxy) is 1. The molecule has 2 rings (SSSR count). The van der Waals surface area contributed by atoms with Gasteiger partial charge in [0.2, 0.25) is 0 Å². The fourth-order valence-electron chi connectivity index (χ4n) is 2.27. The van der Waals surface area contributed by atoms with Crippen LogP contribution in [0.25, 0.3) is 0 Å². The van der Waals surface area contributed by atoms with Gasteiger partial charge in [0.05, 0.1) is 6.54 Å². The average molecular weight is 432 g/mol. The highest BCUT2D eigenvalue weighted by Crippen LogP contribution is 2.16. The highest BCUT2D eigenvalue weighted by molar-refractivity contribution is 14.0. The van der Waals surface area contributed by atoms with E-state index in [1.54, 1.807) is 0 Å². The van der Waals surface area contributed by atoms with Crippen LogP contribution in [0.2, 0.25) is 0 Å². The van der Waals surface area contributed by atoms with Crippen molar-refractivity contribution in [1.29, 1.82) is 0 Å². The molecule has 1 saturated heterocycles. The van der Waals surface area contributed by atoms with Gasteiger partial charge >= 0.3 is 0 Å². The Hall–Kier alpha value is -1.35. The predicted molar refractivity (Wildman–Crippen MR) is 103 cm³/mol. The van der Waals surface area contributed by atoms with Crippen molar-refractivity contribution >= 4 is 41.5 Å². The molecule has 1 unspecified atom stereocenters. The first kappa shape index (κ1) is 19.7. The van der Waals surface area contributed by atoms with E-state index in [0.29, 0.717) is 19.1 Å². The van der Waals surface area contributed by atoms with E-state index in [4.69, 9.17) is 10.5 Å². The summed E-state index contributed by atoms with van der Waals surface area (Å²) in [7, 11) is 0. The molecule has 0 saturated carbocycles. The quantitative estimate of drug-likeness (QED) is 0.378. The van der Waals surface area contributed by atoms with Crippen molar-refractivity contribution in [3.63, 3.8) is 0 Å². The van der Waals surface area contributed by atoms with E-state index in [1.165, 1.54) is 0 Å². The zero-order chi connectivity index (χ0) is 15.9. The molecule has 0 aliphatic carbocycles. The molecule has 6 nitrogen and oxygen atoms in total. The fraction of sp³-hybridized carbons (Fsp3) is 0.500. The number of aliphatic imine (C=N–C) groups is 1. The molecule has 1 aliphatic rings. The lowest BCUT2D eigenvalue weighted by Gasteiger charge is -2.11. The molecule has 23 heavy (non-hydrogen) atoms. The first-order chi connectivity index (χ1) is 10.5. The summed E-state index contributed by atoms with van der Waals surface area (Å²) in [5.74, 6) is 0.336. The van der Waals surface area contributed by atoms with Crippen molar-refractivity contribution < 1.29 is 9.53 Å². The number of hydrogen-bond donors (Lipinski definition) is 3. The molecular formula is C16H25IN4O2. The van der Waals surface area contributed by atoms with Crippen LogP contribution in [0.1, 0.15) is 32.3 Å². The Morgan fingerprint density at radius 3 is 2.91 bits per heavy atom. The Labute approximate surface area is 154 Å². The van der Waals surface area contributed by atoms with Crippen LogP contribution in [0, 0.1) is 0 Å². The number of carbonyl (C=O) groups excluding carboxylic acids is 1. The molecule has 1 atom stereocenters. The van der Waals surface area contributed by atoms with E-state index in [9.17, 15) is 4.79 Å². The lowest BCUT2D eigenvalue weighted by molar-refractivity contribution is -0.124. The van der Waals surface area contributed by atoms with Crippen molar-refractivity contribution in [2.24, 2.45) is 10.7 Å². The minimum Gasteiger partial charge on any atom is -0.370 e. The normalized spacial score (nSPS) is 17.7. The monoisotopic (exact) mass is 432 g/mol. The Morgan fingerprint density at radius 2 is 2.26 bits per heavy atom. The molecule has 7 heteroatoms. The summed E-state index contributed by atoms with van der Waals surface area (Å²) in [6.45, 7) is 5.14. The Bertz CT molecular complexity index is 543. The first-order valence-electron chi connectivity index (χ1n) is 7.62. The number of nitrogens with two attached hydrogens (primary N) is 1. The number of rotatable bonds is 5. The molecule has 0 bridgehead atoms. The second-order valence-corrected chi connectivity index (χ2v) is 5.69. The number of amides is 1. The van der Waals surface area contributed by atoms with Gasteiger partial charge in [0.15, 0.2) is 5.96 Å². The largest absolute Gasteiger partial charge is 0.370 e. The number of guanidine groups is 1. The summed E-state index contributed by atoms with van der Waals surface area (Å²) in [4.78, 5) is 16.3. The zero-order valence-corrected chi connectivity index (χ0v) is 15.9. The van der Waals surface area contributed by atoms with Crippen LogP contribution in [-0.2, 0) is 16.1 Å². The maximum atomic E-state index is 12.0. The van der Waals surface area contributed by atoms with Crippen molar-refractivity contribution in [2.45, 2.75) is 45.4 Å². The molecule has 1 fully saturated rings. The Kier molecular flexibility index (Phi) is 8.32. The van der Waals surface area contributed by atoms with E-state index in [-0.39, 0.29) is 42.0 Å². The Balaban J connectivity index is 0.00000264. The topological polar surface area (TPSA) is 88.7 Å². The lowest BCUT2D eigenvalue weighted by Crippen LogP contribution is -2.36. The van der Waals surface area contributed by atoms with Crippen LogP contribution in [0.5, 0.6) is 0 Å². The van der Waals surface area contributed by atoms with Gasteiger partial charge in [0.25, 0.3) is 5.91 Å². The standard InChI is InChI=1S/C16H24N4O2.HI/c1-11(2)19-16(17)18-10-12-5-3-6-13(9-12)20-15(21)14-7-4-8-22-14;/h3,5-6,9,11,14H,4,7-8,10H2,1-2H3,(H,20,21)(H3,17,18,19);1H. The number of benzene rings is 1. The van der Waals surface area contributed by atoms with Gasteiger partial charge in [-0.3, -0.25) is 4.79 Å². The van der Waals surface area contributed by atoms with Crippen LogP contribution in [0.3, 0.4) is 0 Å². The maximum absolute atomic E-state index is 12.0. The van der Waals surface area contributed by atoms with Crippen molar-refractivity contribution in [3.05, 3.63) is 29.8 Å². The molecule has 128 valence electrons. The van der Waals surface area contributed by atoms with E-state index in [1.807, 2.05) is 38.1 Å². The van der Waals surface area contributed by atoms with Gasteiger partial charge in [-0.25, -0.2) is 4.99 Å². The lowest BCUT2D eigenvalue weighted by atomic mass is 10.2. The van der Waals surface area contributed by atoms with Crippen molar-refractivity contribution in [3.8, 4) is 0 Å². The summed E-state index contributed by atoms with van der Waals surface area (Å²) in [5.41, 5.74) is 7.51. The van der Waals surface area contributed by atoms with Gasteiger partial charge in [-0.2, -0.15) is 0 Å². The van der Waals surface area contributed by atoms with Crippen LogP contribution in [0.15, 0.2) is 29.3 Å². The highest BCUT2D eigenvalue weighted by Gasteiger charge is 2.23. The summed E-state index contributed by atoms with van der Waals surface area (Å²) < 4.78 is 5.37. The molecule has 1 amide bonds. The van der Waals surface area contributed by atoms with Crippen LogP contribution in [0.4, 0.5) is 5.69 Å². The smallest absolute Gasteiger partial charge is 0.253 e. The van der Waals surface area contributed by atoms with Crippen LogP contribution >= 0.6 is 24.0 Å². The number of halogens is 1. The summed E-state index contributed by atoms with van der Waals surface area (Å²) in [6.07, 6.45) is 1.40. The molecule has 1 aromatic carbocycles. The SMILES string of the molecule is CC(C)NC(N)=NCc1cccc(NC(=O)C2CCCO2)c1.I. The van der Waals surface area contributed by atoms with Crippen molar-refractivity contribution in [2.75, 3.05) is 11.9 Å². The molecule has 1 aliphatic heterocycles. The molecule has 0 aromatic heterocycles. The minimum absolute atomic E-state index is 0. The third-order valence-electron chi connectivity index (χ3n) is 3.29. The second-order valence-electron chi connectivity index (χ2n) is 5.69. The zero-order valence-electron chi connectivity index (χ0n) is 13.5. The predicted octanol–water partition coefficient (Wildman–Crippen LogP) is 2.23. The molecule has 1 heterocycles. The van der Waals surface area contributed by atoms with Gasteiger partial charge in [0.1, 0.15) is 6.10 Å².